The van der Waals surface area contributed by atoms with Gasteiger partial charge in [0, 0.05) is 24.7 Å². The molecule has 2 unspecified atom stereocenters. The highest BCUT2D eigenvalue weighted by Gasteiger charge is 2.35. The van der Waals surface area contributed by atoms with Crippen LogP contribution < -0.4 is 10.6 Å². The summed E-state index contributed by atoms with van der Waals surface area (Å²) in [6.45, 7) is 2.58. The predicted octanol–water partition coefficient (Wildman–Crippen LogP) is 1.67. The third kappa shape index (κ3) is 1.97. The number of nitrogen functional groups attached to an aromatic ring is 1. The number of fused-ring (bicyclic) bond motifs is 1. The topological polar surface area (TPSA) is 51.4 Å². The lowest BCUT2D eigenvalue weighted by Crippen LogP contribution is -2.39. The Hall–Kier alpha value is -1.29. The third-order valence-corrected chi connectivity index (χ3v) is 3.92. The first-order valence-corrected chi connectivity index (χ1v) is 6.41. The summed E-state index contributed by atoms with van der Waals surface area (Å²) in [4.78, 5) is 6.81. The van der Waals surface area contributed by atoms with Crippen LogP contribution in [0.15, 0.2) is 18.3 Å². The Balaban J connectivity index is 1.92. The number of hydrogen-bond acceptors (Lipinski definition) is 4. The summed E-state index contributed by atoms with van der Waals surface area (Å²) in [6.07, 6.45) is 5.63. The minimum Gasteiger partial charge on any atom is -0.396 e. The van der Waals surface area contributed by atoms with E-state index in [1.165, 1.54) is 19.3 Å². The van der Waals surface area contributed by atoms with Crippen molar-refractivity contribution in [3.63, 3.8) is 0 Å². The van der Waals surface area contributed by atoms with Gasteiger partial charge in [-0.15, -0.1) is 0 Å². The van der Waals surface area contributed by atoms with Crippen molar-refractivity contribution in [1.29, 1.82) is 0 Å². The molecule has 92 valence electrons. The number of anilines is 2. The van der Waals surface area contributed by atoms with Crippen LogP contribution in [0.25, 0.3) is 0 Å². The second-order valence-corrected chi connectivity index (χ2v) is 4.94. The average molecular weight is 233 g/mol. The Morgan fingerprint density at radius 2 is 2.35 bits per heavy atom. The molecule has 17 heavy (non-hydrogen) atoms. The van der Waals surface area contributed by atoms with Crippen LogP contribution in [0.1, 0.15) is 19.3 Å². The van der Waals surface area contributed by atoms with Crippen LogP contribution >= 0.6 is 0 Å². The van der Waals surface area contributed by atoms with Gasteiger partial charge in [-0.3, -0.25) is 0 Å². The van der Waals surface area contributed by atoms with Crippen molar-refractivity contribution < 1.29 is 4.74 Å². The summed E-state index contributed by atoms with van der Waals surface area (Å²) >= 11 is 0. The van der Waals surface area contributed by atoms with Crippen LogP contribution in [0.2, 0.25) is 0 Å². The van der Waals surface area contributed by atoms with E-state index in [2.05, 4.69) is 9.88 Å². The Bertz CT molecular complexity index is 396. The lowest BCUT2D eigenvalue weighted by Gasteiger charge is -2.31. The Morgan fingerprint density at radius 3 is 3.24 bits per heavy atom. The maximum Gasteiger partial charge on any atom is 0.152 e. The molecule has 0 amide bonds. The van der Waals surface area contributed by atoms with Crippen LogP contribution in [-0.4, -0.2) is 30.8 Å². The van der Waals surface area contributed by atoms with E-state index in [1.54, 1.807) is 0 Å². The molecule has 1 aliphatic heterocycles. The van der Waals surface area contributed by atoms with Gasteiger partial charge in [0.25, 0.3) is 0 Å². The number of nitrogens with zero attached hydrogens (tertiary/aromatic N) is 2. The van der Waals surface area contributed by atoms with Crippen LogP contribution in [0.4, 0.5) is 11.5 Å². The summed E-state index contributed by atoms with van der Waals surface area (Å²) in [6, 6.07) is 4.38. The molecule has 0 spiro atoms. The minimum absolute atomic E-state index is 0.565. The molecule has 2 N–H and O–H groups in total. The van der Waals surface area contributed by atoms with Crippen LogP contribution in [0, 0.1) is 5.92 Å². The molecule has 2 aliphatic rings. The summed E-state index contributed by atoms with van der Waals surface area (Å²) in [7, 11) is 0. The minimum atomic E-state index is 0.565. The Labute approximate surface area is 102 Å². The first-order valence-electron chi connectivity index (χ1n) is 6.41. The number of hydrogen-bond donors (Lipinski definition) is 1. The number of aromatic nitrogens is 1. The predicted molar refractivity (Wildman–Crippen MR) is 67.9 cm³/mol. The third-order valence-electron chi connectivity index (χ3n) is 3.92. The van der Waals surface area contributed by atoms with Gasteiger partial charge in [0.05, 0.1) is 18.9 Å². The molecule has 2 fully saturated rings. The van der Waals surface area contributed by atoms with Crippen molar-refractivity contribution in [1.82, 2.24) is 4.98 Å². The summed E-state index contributed by atoms with van der Waals surface area (Å²) in [5, 5.41) is 0. The first kappa shape index (κ1) is 10.8. The van der Waals surface area contributed by atoms with E-state index in [0.717, 1.165) is 31.3 Å². The molecule has 1 aliphatic carbocycles. The monoisotopic (exact) mass is 233 g/mol. The first-order chi connectivity index (χ1) is 8.36. The largest absolute Gasteiger partial charge is 0.396 e. The van der Waals surface area contributed by atoms with Gasteiger partial charge < -0.3 is 15.4 Å². The molecule has 2 heterocycles. The fourth-order valence-electron chi connectivity index (χ4n) is 3.10. The van der Waals surface area contributed by atoms with E-state index in [4.69, 9.17) is 10.5 Å². The van der Waals surface area contributed by atoms with Gasteiger partial charge in [-0.1, -0.05) is 6.42 Å². The zero-order valence-corrected chi connectivity index (χ0v) is 10.0. The van der Waals surface area contributed by atoms with E-state index in [1.807, 2.05) is 18.3 Å². The van der Waals surface area contributed by atoms with Gasteiger partial charge >= 0.3 is 0 Å². The summed E-state index contributed by atoms with van der Waals surface area (Å²) in [5.41, 5.74) is 6.82. The molecular formula is C13H19N3O. The molecule has 4 heteroatoms. The lowest BCUT2D eigenvalue weighted by atomic mass is 10.0. The zero-order valence-electron chi connectivity index (χ0n) is 10.0. The van der Waals surface area contributed by atoms with E-state index in [9.17, 15) is 0 Å². The molecule has 0 aromatic carbocycles. The maximum absolute atomic E-state index is 6.04. The smallest absolute Gasteiger partial charge is 0.152 e. The van der Waals surface area contributed by atoms with Gasteiger partial charge in [0.15, 0.2) is 5.82 Å². The quantitative estimate of drug-likeness (QED) is 0.801. The summed E-state index contributed by atoms with van der Waals surface area (Å²) in [5.74, 6) is 1.59. The second-order valence-electron chi connectivity index (χ2n) is 4.94. The van der Waals surface area contributed by atoms with Crippen LogP contribution in [0.3, 0.4) is 0 Å². The fourth-order valence-corrected chi connectivity index (χ4v) is 3.10. The van der Waals surface area contributed by atoms with Crippen molar-refractivity contribution in [2.75, 3.05) is 30.4 Å². The molecule has 4 nitrogen and oxygen atoms in total. The average Bonchev–Trinajstić information content (AvgIpc) is 2.71. The summed E-state index contributed by atoms with van der Waals surface area (Å²) < 4.78 is 5.69. The number of pyridine rings is 1. The highest BCUT2D eigenvalue weighted by molar-refractivity contribution is 5.62. The Morgan fingerprint density at radius 1 is 1.41 bits per heavy atom. The molecule has 1 aromatic heterocycles. The molecule has 1 saturated carbocycles. The molecule has 1 aromatic rings. The molecule has 1 saturated heterocycles. The highest BCUT2D eigenvalue weighted by atomic mass is 16.5. The molecular weight excluding hydrogens is 214 g/mol. The van der Waals surface area contributed by atoms with Crippen LogP contribution in [-0.2, 0) is 4.74 Å². The molecule has 2 atom stereocenters. The molecule has 0 bridgehead atoms. The van der Waals surface area contributed by atoms with Gasteiger partial charge in [0.1, 0.15) is 0 Å². The number of ether oxygens (including phenoxy) is 1. The van der Waals surface area contributed by atoms with Crippen molar-refractivity contribution in [3.8, 4) is 0 Å². The SMILES string of the molecule is Nc1cccnc1N1CCOCC2CCCC21. The maximum atomic E-state index is 6.04. The lowest BCUT2D eigenvalue weighted by molar-refractivity contribution is 0.121. The number of rotatable bonds is 1. The van der Waals surface area contributed by atoms with Crippen molar-refractivity contribution in [2.24, 2.45) is 5.92 Å². The molecule has 3 rings (SSSR count). The van der Waals surface area contributed by atoms with E-state index in [0.29, 0.717) is 12.0 Å². The standard InChI is InChI=1S/C13H19N3O/c14-11-4-2-6-15-13(11)16-7-8-17-9-10-3-1-5-12(10)16/h2,4,6,10,12H,1,3,5,7-9,14H2. The second kappa shape index (κ2) is 4.53. The van der Waals surface area contributed by atoms with Crippen molar-refractivity contribution in [2.45, 2.75) is 25.3 Å². The van der Waals surface area contributed by atoms with Crippen LogP contribution in [0.5, 0.6) is 0 Å². The van der Waals surface area contributed by atoms with Gasteiger partial charge in [0.2, 0.25) is 0 Å². The highest BCUT2D eigenvalue weighted by Crippen LogP contribution is 2.35. The van der Waals surface area contributed by atoms with E-state index in [-0.39, 0.29) is 0 Å². The van der Waals surface area contributed by atoms with E-state index >= 15 is 0 Å². The molecule has 0 radical (unpaired) electrons. The fraction of sp³-hybridized carbons (Fsp3) is 0.615. The van der Waals surface area contributed by atoms with Crippen molar-refractivity contribution >= 4 is 11.5 Å². The van der Waals surface area contributed by atoms with Gasteiger partial charge in [-0.2, -0.15) is 0 Å². The Kier molecular flexibility index (Phi) is 2.89. The van der Waals surface area contributed by atoms with Gasteiger partial charge in [-0.25, -0.2) is 4.98 Å². The number of nitrogens with two attached hydrogens (primary N) is 1. The van der Waals surface area contributed by atoms with Crippen molar-refractivity contribution in [3.05, 3.63) is 18.3 Å². The zero-order chi connectivity index (χ0) is 11.7. The van der Waals surface area contributed by atoms with Gasteiger partial charge in [-0.05, 0) is 25.0 Å². The normalized spacial score (nSPS) is 28.8. The van der Waals surface area contributed by atoms with E-state index < -0.39 is 0 Å².